The molecule has 3 aromatic rings. The van der Waals surface area contributed by atoms with Gasteiger partial charge in [0, 0.05) is 37.0 Å². The Bertz CT molecular complexity index is 1510. The highest BCUT2D eigenvalue weighted by Gasteiger charge is 2.32. The molecule has 1 saturated carbocycles. The summed E-state index contributed by atoms with van der Waals surface area (Å²) in [4.78, 5) is 29.5. The van der Waals surface area contributed by atoms with Crippen LogP contribution in [-0.2, 0) is 32.6 Å². The molecule has 3 aromatic carbocycles. The number of amides is 2. The molecule has 0 bridgehead atoms. The average Bonchev–Trinajstić information content (AvgIpc) is 3.00. The van der Waals surface area contributed by atoms with Gasteiger partial charge in [0.25, 0.3) is 0 Å². The predicted octanol–water partition coefficient (Wildman–Crippen LogP) is 6.42. The van der Waals surface area contributed by atoms with Crippen molar-refractivity contribution in [2.45, 2.75) is 76.9 Å². The van der Waals surface area contributed by atoms with E-state index in [1.165, 1.54) is 16.4 Å². The van der Waals surface area contributed by atoms with Crippen molar-refractivity contribution < 1.29 is 22.4 Å². The number of carbonyl (C=O) groups is 2. The number of carbonyl (C=O) groups excluding carboxylic acids is 2. The Labute approximate surface area is 265 Å². The summed E-state index contributed by atoms with van der Waals surface area (Å²) in [6.45, 7) is 1.93. The van der Waals surface area contributed by atoms with Gasteiger partial charge in [-0.05, 0) is 67.1 Å². The summed E-state index contributed by atoms with van der Waals surface area (Å²) in [6, 6.07) is 19.8. The van der Waals surface area contributed by atoms with Crippen LogP contribution in [0.2, 0.25) is 5.02 Å². The van der Waals surface area contributed by atoms with E-state index in [0.717, 1.165) is 43.9 Å². The van der Waals surface area contributed by atoms with Gasteiger partial charge in [-0.3, -0.25) is 13.9 Å². The van der Waals surface area contributed by atoms with Crippen molar-refractivity contribution in [3.05, 3.63) is 100 Å². The molecular formula is C34H41ClFN3O4S. The molecule has 7 nitrogen and oxygen atoms in total. The topological polar surface area (TPSA) is 86.8 Å². The van der Waals surface area contributed by atoms with Crippen LogP contribution in [0.5, 0.6) is 0 Å². The fourth-order valence-electron chi connectivity index (χ4n) is 5.73. The standard InChI is InChI=1S/C34H41ClFN3O4S/c1-25-30(35)15-9-16-31(25)39(44(2,42)43)22-10-17-33(40)38(24-27-18-20-28(36)21-19-27)32(23-26-11-5-3-6-12-26)34(41)37-29-13-7-4-8-14-29/h3,5-6,9,11-12,15-16,18-21,29,32H,4,7-8,10,13-14,17,22-24H2,1-2H3,(H,37,41)/t32-/m1/s1. The Kier molecular flexibility index (Phi) is 11.8. The number of benzene rings is 3. The second kappa shape index (κ2) is 15.5. The molecule has 4 rings (SSSR count). The molecule has 44 heavy (non-hydrogen) atoms. The van der Waals surface area contributed by atoms with Crippen molar-refractivity contribution in [2.75, 3.05) is 17.1 Å². The number of nitrogens with one attached hydrogen (secondary N) is 1. The van der Waals surface area contributed by atoms with Crippen molar-refractivity contribution in [3.63, 3.8) is 0 Å². The first-order valence-electron chi connectivity index (χ1n) is 15.1. The third-order valence-corrected chi connectivity index (χ3v) is 9.74. The quantitative estimate of drug-likeness (QED) is 0.233. The number of rotatable bonds is 13. The Morgan fingerprint density at radius 2 is 1.64 bits per heavy atom. The molecule has 1 N–H and O–H groups in total. The van der Waals surface area contributed by atoms with Crippen LogP contribution in [0.25, 0.3) is 0 Å². The van der Waals surface area contributed by atoms with Crippen LogP contribution >= 0.6 is 11.6 Å². The predicted molar refractivity (Wildman–Crippen MR) is 174 cm³/mol. The zero-order valence-corrected chi connectivity index (χ0v) is 26.9. The van der Waals surface area contributed by atoms with E-state index in [1.54, 1.807) is 42.2 Å². The van der Waals surface area contributed by atoms with Gasteiger partial charge in [-0.25, -0.2) is 12.8 Å². The first-order chi connectivity index (χ1) is 21.0. The first-order valence-corrected chi connectivity index (χ1v) is 17.4. The van der Waals surface area contributed by atoms with Gasteiger partial charge in [-0.1, -0.05) is 79.4 Å². The molecule has 0 radical (unpaired) electrons. The summed E-state index contributed by atoms with van der Waals surface area (Å²) < 4.78 is 40.5. The van der Waals surface area contributed by atoms with E-state index < -0.39 is 16.1 Å². The molecule has 0 saturated heterocycles. The van der Waals surface area contributed by atoms with E-state index in [9.17, 15) is 22.4 Å². The number of hydrogen-bond acceptors (Lipinski definition) is 4. The molecule has 236 valence electrons. The van der Waals surface area contributed by atoms with Gasteiger partial charge in [-0.2, -0.15) is 0 Å². The Balaban J connectivity index is 1.60. The molecule has 2 amide bonds. The lowest BCUT2D eigenvalue weighted by Crippen LogP contribution is -2.52. The zero-order chi connectivity index (χ0) is 31.7. The molecule has 1 atom stereocenters. The molecule has 10 heteroatoms. The van der Waals surface area contributed by atoms with Crippen LogP contribution < -0.4 is 9.62 Å². The largest absolute Gasteiger partial charge is 0.352 e. The highest BCUT2D eigenvalue weighted by atomic mass is 35.5. The lowest BCUT2D eigenvalue weighted by Gasteiger charge is -2.34. The maximum atomic E-state index is 14.0. The number of hydrogen-bond donors (Lipinski definition) is 1. The summed E-state index contributed by atoms with van der Waals surface area (Å²) in [7, 11) is -3.66. The molecule has 0 unspecified atom stereocenters. The van der Waals surface area contributed by atoms with E-state index in [-0.39, 0.29) is 49.6 Å². The van der Waals surface area contributed by atoms with Crippen molar-refractivity contribution in [3.8, 4) is 0 Å². The van der Waals surface area contributed by atoms with Crippen LogP contribution in [0, 0.1) is 12.7 Å². The summed E-state index contributed by atoms with van der Waals surface area (Å²) >= 11 is 6.28. The zero-order valence-electron chi connectivity index (χ0n) is 25.3. The van der Waals surface area contributed by atoms with Gasteiger partial charge in [0.15, 0.2) is 0 Å². The Morgan fingerprint density at radius 1 is 0.955 bits per heavy atom. The van der Waals surface area contributed by atoms with Crippen molar-refractivity contribution in [1.29, 1.82) is 0 Å². The van der Waals surface area contributed by atoms with Crippen LogP contribution in [-0.4, -0.2) is 50.0 Å². The summed E-state index contributed by atoms with van der Waals surface area (Å²) in [5, 5.41) is 3.65. The first kappa shape index (κ1) is 33.5. The Morgan fingerprint density at radius 3 is 2.30 bits per heavy atom. The Hall–Kier alpha value is -3.43. The van der Waals surface area contributed by atoms with E-state index in [4.69, 9.17) is 11.6 Å². The third-order valence-electron chi connectivity index (χ3n) is 8.15. The molecule has 1 aliphatic rings. The minimum absolute atomic E-state index is 0.00876. The minimum atomic E-state index is -3.66. The molecule has 0 aromatic heterocycles. The highest BCUT2D eigenvalue weighted by molar-refractivity contribution is 7.92. The fraction of sp³-hybridized carbons (Fsp3) is 0.412. The number of anilines is 1. The van der Waals surface area contributed by atoms with E-state index in [0.29, 0.717) is 28.3 Å². The lowest BCUT2D eigenvalue weighted by atomic mass is 9.94. The van der Waals surface area contributed by atoms with E-state index >= 15 is 0 Å². The number of nitrogens with zero attached hydrogens (tertiary/aromatic N) is 2. The van der Waals surface area contributed by atoms with Crippen molar-refractivity contribution >= 4 is 39.1 Å². The lowest BCUT2D eigenvalue weighted by molar-refractivity contribution is -0.141. The molecule has 1 aliphatic carbocycles. The van der Waals surface area contributed by atoms with Gasteiger partial charge in [0.2, 0.25) is 21.8 Å². The fourth-order valence-corrected chi connectivity index (χ4v) is 6.92. The van der Waals surface area contributed by atoms with Crippen LogP contribution in [0.15, 0.2) is 72.8 Å². The van der Waals surface area contributed by atoms with Gasteiger partial charge in [0.05, 0.1) is 11.9 Å². The van der Waals surface area contributed by atoms with Crippen LogP contribution in [0.4, 0.5) is 10.1 Å². The number of sulfonamides is 1. The number of halogens is 2. The average molecular weight is 642 g/mol. The SMILES string of the molecule is Cc1c(Cl)cccc1N(CCCC(=O)N(Cc1ccc(F)cc1)[C@H](Cc1ccccc1)C(=O)NC1CCCCC1)S(C)(=O)=O. The maximum absolute atomic E-state index is 14.0. The van der Waals surface area contributed by atoms with Crippen molar-refractivity contribution in [2.24, 2.45) is 0 Å². The molecular weight excluding hydrogens is 601 g/mol. The molecule has 0 heterocycles. The summed E-state index contributed by atoms with van der Waals surface area (Å²) in [6.07, 6.45) is 6.72. The normalized spacial score (nSPS) is 14.5. The monoisotopic (exact) mass is 641 g/mol. The van der Waals surface area contributed by atoms with Gasteiger partial charge in [-0.15, -0.1) is 0 Å². The summed E-state index contributed by atoms with van der Waals surface area (Å²) in [5.41, 5.74) is 2.69. The summed E-state index contributed by atoms with van der Waals surface area (Å²) in [5.74, 6) is -0.895. The minimum Gasteiger partial charge on any atom is -0.352 e. The van der Waals surface area contributed by atoms with Gasteiger partial charge in [0.1, 0.15) is 11.9 Å². The second-order valence-corrected chi connectivity index (χ2v) is 13.8. The van der Waals surface area contributed by atoms with E-state index in [1.807, 2.05) is 30.3 Å². The van der Waals surface area contributed by atoms with Crippen LogP contribution in [0.3, 0.4) is 0 Å². The molecule has 0 aliphatic heterocycles. The van der Waals surface area contributed by atoms with Gasteiger partial charge < -0.3 is 10.2 Å². The maximum Gasteiger partial charge on any atom is 0.243 e. The smallest absolute Gasteiger partial charge is 0.243 e. The van der Waals surface area contributed by atoms with Crippen LogP contribution in [0.1, 0.15) is 61.6 Å². The highest BCUT2D eigenvalue weighted by Crippen LogP contribution is 2.29. The van der Waals surface area contributed by atoms with E-state index in [2.05, 4.69) is 5.32 Å². The van der Waals surface area contributed by atoms with Gasteiger partial charge >= 0.3 is 0 Å². The van der Waals surface area contributed by atoms with Crippen molar-refractivity contribution in [1.82, 2.24) is 10.2 Å². The second-order valence-electron chi connectivity index (χ2n) is 11.5. The molecule has 0 spiro atoms. The third kappa shape index (κ3) is 9.29. The molecule has 1 fully saturated rings.